The topological polar surface area (TPSA) is 20.2 Å². The maximum atomic E-state index is 13.2. The van der Waals surface area contributed by atoms with Crippen LogP contribution in [0.15, 0.2) is 30.3 Å². The zero-order valence-electron chi connectivity index (χ0n) is 9.92. The van der Waals surface area contributed by atoms with E-state index in [4.69, 9.17) is 23.2 Å². The fourth-order valence-corrected chi connectivity index (χ4v) is 2.40. The summed E-state index contributed by atoms with van der Waals surface area (Å²) in [7, 11) is 0. The van der Waals surface area contributed by atoms with Gasteiger partial charge in [0.2, 0.25) is 0 Å². The van der Waals surface area contributed by atoms with E-state index in [0.29, 0.717) is 10.6 Å². The first kappa shape index (κ1) is 14.3. The van der Waals surface area contributed by atoms with E-state index in [0.717, 1.165) is 17.7 Å². The Kier molecular flexibility index (Phi) is 4.09. The van der Waals surface area contributed by atoms with Gasteiger partial charge >= 0.3 is 0 Å². The SMILES string of the molecule is Cc1cc(Cl)cc(C(O)c2cc(F)c(F)cc2Cl)c1. The van der Waals surface area contributed by atoms with E-state index in [9.17, 15) is 13.9 Å². The van der Waals surface area contributed by atoms with Crippen LogP contribution in [0.5, 0.6) is 0 Å². The predicted molar refractivity (Wildman–Crippen MR) is 71.6 cm³/mol. The average molecular weight is 303 g/mol. The third-order valence-electron chi connectivity index (χ3n) is 2.71. The van der Waals surface area contributed by atoms with Crippen molar-refractivity contribution in [1.29, 1.82) is 0 Å². The highest BCUT2D eigenvalue weighted by Crippen LogP contribution is 2.31. The van der Waals surface area contributed by atoms with Crippen molar-refractivity contribution >= 4 is 23.2 Å². The smallest absolute Gasteiger partial charge is 0.160 e. The van der Waals surface area contributed by atoms with Gasteiger partial charge in [0.25, 0.3) is 0 Å². The van der Waals surface area contributed by atoms with Crippen LogP contribution in [0, 0.1) is 18.6 Å². The predicted octanol–water partition coefficient (Wildman–Crippen LogP) is 4.66. The lowest BCUT2D eigenvalue weighted by Crippen LogP contribution is -2.03. The monoisotopic (exact) mass is 302 g/mol. The van der Waals surface area contributed by atoms with Crippen molar-refractivity contribution in [2.75, 3.05) is 0 Å². The zero-order chi connectivity index (χ0) is 14.2. The molecule has 1 nitrogen and oxygen atoms in total. The molecule has 0 bridgehead atoms. The number of hydrogen-bond acceptors (Lipinski definition) is 1. The Morgan fingerprint density at radius 2 is 1.63 bits per heavy atom. The highest BCUT2D eigenvalue weighted by Gasteiger charge is 2.18. The molecule has 5 heteroatoms. The minimum atomic E-state index is -1.17. The summed E-state index contributed by atoms with van der Waals surface area (Å²) in [6.45, 7) is 1.81. The first-order valence-electron chi connectivity index (χ1n) is 5.48. The molecule has 0 aliphatic carbocycles. The van der Waals surface area contributed by atoms with Crippen molar-refractivity contribution in [2.45, 2.75) is 13.0 Å². The second kappa shape index (κ2) is 5.45. The molecule has 0 heterocycles. The molecule has 0 saturated carbocycles. The Morgan fingerprint density at radius 3 is 2.26 bits per heavy atom. The van der Waals surface area contributed by atoms with Gasteiger partial charge in [-0.25, -0.2) is 8.78 Å². The fraction of sp³-hybridized carbons (Fsp3) is 0.143. The van der Waals surface area contributed by atoms with E-state index in [1.54, 1.807) is 18.2 Å². The lowest BCUT2D eigenvalue weighted by atomic mass is 10.00. The van der Waals surface area contributed by atoms with Crippen molar-refractivity contribution in [1.82, 2.24) is 0 Å². The van der Waals surface area contributed by atoms with Crippen LogP contribution in [-0.2, 0) is 0 Å². The van der Waals surface area contributed by atoms with Crippen molar-refractivity contribution in [2.24, 2.45) is 0 Å². The zero-order valence-corrected chi connectivity index (χ0v) is 11.4. The van der Waals surface area contributed by atoms with Crippen molar-refractivity contribution in [3.05, 3.63) is 68.7 Å². The van der Waals surface area contributed by atoms with Crippen LogP contribution in [0.2, 0.25) is 10.0 Å². The standard InChI is InChI=1S/C14H10Cl2F2O/c1-7-2-8(4-9(15)3-7)14(19)10-5-12(17)13(18)6-11(10)16/h2-6,14,19H,1H3. The Morgan fingerprint density at radius 1 is 1.00 bits per heavy atom. The number of benzene rings is 2. The van der Waals surface area contributed by atoms with Crippen LogP contribution in [0.1, 0.15) is 22.8 Å². The molecule has 100 valence electrons. The first-order chi connectivity index (χ1) is 8.88. The summed E-state index contributed by atoms with van der Waals surface area (Å²) in [6.07, 6.45) is -1.17. The van der Waals surface area contributed by atoms with Gasteiger partial charge in [-0.15, -0.1) is 0 Å². The molecule has 0 spiro atoms. The number of rotatable bonds is 2. The summed E-state index contributed by atoms with van der Waals surface area (Å²) in [4.78, 5) is 0. The van der Waals surface area contributed by atoms with E-state index < -0.39 is 17.7 Å². The quantitative estimate of drug-likeness (QED) is 0.800. The van der Waals surface area contributed by atoms with Crippen molar-refractivity contribution in [3.8, 4) is 0 Å². The lowest BCUT2D eigenvalue weighted by Gasteiger charge is -2.14. The number of hydrogen-bond donors (Lipinski definition) is 1. The van der Waals surface area contributed by atoms with Crippen LogP contribution < -0.4 is 0 Å². The molecule has 1 unspecified atom stereocenters. The Labute approximate surface area is 119 Å². The summed E-state index contributed by atoms with van der Waals surface area (Å²) < 4.78 is 26.2. The van der Waals surface area contributed by atoms with E-state index >= 15 is 0 Å². The molecule has 0 aliphatic rings. The van der Waals surface area contributed by atoms with Gasteiger partial charge in [0.15, 0.2) is 11.6 Å². The summed E-state index contributed by atoms with van der Waals surface area (Å²) in [5.41, 5.74) is 1.42. The van der Waals surface area contributed by atoms with Crippen LogP contribution in [0.4, 0.5) is 8.78 Å². The second-order valence-electron chi connectivity index (χ2n) is 4.25. The van der Waals surface area contributed by atoms with Gasteiger partial charge in [-0.05, 0) is 42.3 Å². The number of aliphatic hydroxyl groups excluding tert-OH is 1. The summed E-state index contributed by atoms with van der Waals surface area (Å²) in [5, 5.41) is 10.6. The van der Waals surface area contributed by atoms with Crippen LogP contribution in [-0.4, -0.2) is 5.11 Å². The minimum absolute atomic E-state index is 0.0379. The Balaban J connectivity index is 2.49. The fourth-order valence-electron chi connectivity index (χ4n) is 1.85. The maximum Gasteiger partial charge on any atom is 0.160 e. The molecule has 0 aliphatic heterocycles. The molecule has 0 amide bonds. The number of aryl methyl sites for hydroxylation is 1. The second-order valence-corrected chi connectivity index (χ2v) is 5.10. The van der Waals surface area contributed by atoms with E-state index in [2.05, 4.69) is 0 Å². The molecular weight excluding hydrogens is 293 g/mol. The molecule has 0 aromatic heterocycles. The molecule has 2 rings (SSSR count). The highest BCUT2D eigenvalue weighted by atomic mass is 35.5. The average Bonchev–Trinajstić information content (AvgIpc) is 2.31. The van der Waals surface area contributed by atoms with Crippen molar-refractivity contribution in [3.63, 3.8) is 0 Å². The molecule has 19 heavy (non-hydrogen) atoms. The Bertz CT molecular complexity index is 609. The molecule has 2 aromatic rings. The first-order valence-corrected chi connectivity index (χ1v) is 6.23. The molecule has 1 N–H and O–H groups in total. The number of aliphatic hydroxyl groups is 1. The summed E-state index contributed by atoms with van der Waals surface area (Å²) >= 11 is 11.7. The van der Waals surface area contributed by atoms with Gasteiger partial charge in [0.05, 0.1) is 0 Å². The molecule has 0 saturated heterocycles. The molecular formula is C14H10Cl2F2O. The highest BCUT2D eigenvalue weighted by molar-refractivity contribution is 6.31. The Hall–Kier alpha value is -1.16. The van der Waals surface area contributed by atoms with Crippen LogP contribution >= 0.6 is 23.2 Å². The molecule has 0 radical (unpaired) electrons. The van der Waals surface area contributed by atoms with Gasteiger partial charge in [-0.3, -0.25) is 0 Å². The third kappa shape index (κ3) is 3.06. The maximum absolute atomic E-state index is 13.2. The normalized spacial score (nSPS) is 12.5. The van der Waals surface area contributed by atoms with Crippen molar-refractivity contribution < 1.29 is 13.9 Å². The number of halogens is 4. The molecule has 2 aromatic carbocycles. The van der Waals surface area contributed by atoms with E-state index in [-0.39, 0.29) is 10.6 Å². The molecule has 1 atom stereocenters. The van der Waals surface area contributed by atoms with E-state index in [1.807, 2.05) is 6.92 Å². The third-order valence-corrected chi connectivity index (χ3v) is 3.26. The van der Waals surface area contributed by atoms with Gasteiger partial charge in [0, 0.05) is 15.6 Å². The van der Waals surface area contributed by atoms with Gasteiger partial charge < -0.3 is 5.11 Å². The van der Waals surface area contributed by atoms with Crippen LogP contribution in [0.25, 0.3) is 0 Å². The van der Waals surface area contributed by atoms with Gasteiger partial charge in [0.1, 0.15) is 6.10 Å². The lowest BCUT2D eigenvalue weighted by molar-refractivity contribution is 0.219. The minimum Gasteiger partial charge on any atom is -0.384 e. The molecule has 0 fully saturated rings. The van der Waals surface area contributed by atoms with Gasteiger partial charge in [-0.2, -0.15) is 0 Å². The van der Waals surface area contributed by atoms with Crippen LogP contribution in [0.3, 0.4) is 0 Å². The van der Waals surface area contributed by atoms with E-state index in [1.165, 1.54) is 0 Å². The summed E-state index contributed by atoms with van der Waals surface area (Å²) in [6, 6.07) is 6.71. The van der Waals surface area contributed by atoms with Gasteiger partial charge in [-0.1, -0.05) is 29.3 Å². The summed E-state index contributed by atoms with van der Waals surface area (Å²) in [5.74, 6) is -2.11. The largest absolute Gasteiger partial charge is 0.384 e.